The minimum absolute atomic E-state index is 0.00632. The van der Waals surface area contributed by atoms with Crippen LogP contribution >= 0.6 is 11.8 Å². The molecule has 2 rings (SSSR count). The number of carbonyl (C=O) groups excluding carboxylic acids is 1. The second-order valence-electron chi connectivity index (χ2n) is 4.92. The number of hydrogen-bond donors (Lipinski definition) is 1. The Balaban J connectivity index is 2.37. The highest BCUT2D eigenvalue weighted by Gasteiger charge is 2.29. The molecule has 104 valence electrons. The number of rotatable bonds is 4. The van der Waals surface area contributed by atoms with Crippen molar-refractivity contribution < 1.29 is 4.79 Å². The summed E-state index contributed by atoms with van der Waals surface area (Å²) in [5.41, 5.74) is 2.90. The highest BCUT2D eigenvalue weighted by Crippen LogP contribution is 2.35. The lowest BCUT2D eigenvalue weighted by molar-refractivity contribution is -0.120. The zero-order chi connectivity index (χ0) is 14.5. The van der Waals surface area contributed by atoms with Crippen molar-refractivity contribution in [3.63, 3.8) is 0 Å². The fourth-order valence-corrected chi connectivity index (χ4v) is 3.16. The maximum atomic E-state index is 11.9. The molecule has 0 bridgehead atoms. The summed E-state index contributed by atoms with van der Waals surface area (Å²) in [6.07, 6.45) is 1.36. The van der Waals surface area contributed by atoms with Gasteiger partial charge >= 0.3 is 0 Å². The van der Waals surface area contributed by atoms with E-state index in [1.165, 1.54) is 5.56 Å². The zero-order valence-electron chi connectivity index (χ0n) is 11.8. The van der Waals surface area contributed by atoms with Gasteiger partial charge in [0, 0.05) is 12.3 Å². The highest BCUT2D eigenvalue weighted by molar-refractivity contribution is 8.03. The van der Waals surface area contributed by atoms with Crippen LogP contribution in [-0.4, -0.2) is 11.7 Å². The van der Waals surface area contributed by atoms with Crippen LogP contribution in [0.3, 0.4) is 0 Å². The molecule has 20 heavy (non-hydrogen) atoms. The summed E-state index contributed by atoms with van der Waals surface area (Å²) in [5, 5.41) is 13.0. The Morgan fingerprint density at radius 2 is 2.10 bits per heavy atom. The second-order valence-corrected chi connectivity index (χ2v) is 6.02. The summed E-state index contributed by atoms with van der Waals surface area (Å²) in [6, 6.07) is 10.4. The van der Waals surface area contributed by atoms with Crippen LogP contribution in [0.15, 0.2) is 34.9 Å². The average molecular weight is 286 g/mol. The minimum Gasteiger partial charge on any atom is -0.320 e. The quantitative estimate of drug-likeness (QED) is 0.922. The number of aryl methyl sites for hydroxylation is 1. The molecule has 0 saturated heterocycles. The molecule has 4 heteroatoms. The molecule has 0 radical (unpaired) electrons. The molecule has 0 fully saturated rings. The van der Waals surface area contributed by atoms with Gasteiger partial charge in [0.1, 0.15) is 0 Å². The van der Waals surface area contributed by atoms with Crippen molar-refractivity contribution in [3.8, 4) is 6.07 Å². The van der Waals surface area contributed by atoms with Crippen LogP contribution in [-0.2, 0) is 4.79 Å². The molecule has 1 aromatic carbocycles. The summed E-state index contributed by atoms with van der Waals surface area (Å²) >= 11 is 1.56. The monoisotopic (exact) mass is 286 g/mol. The van der Waals surface area contributed by atoms with Gasteiger partial charge in [-0.25, -0.2) is 0 Å². The molecule has 1 atom stereocenters. The topological polar surface area (TPSA) is 52.9 Å². The molecule has 0 aromatic heterocycles. The largest absolute Gasteiger partial charge is 0.320 e. The molecule has 0 spiro atoms. The van der Waals surface area contributed by atoms with Gasteiger partial charge in [-0.1, -0.05) is 36.8 Å². The predicted molar refractivity (Wildman–Crippen MR) is 82.1 cm³/mol. The SMILES string of the molecule is CCCSC1=C(C#N)C(c2ccc(C)cc2)CC(=O)N1. The van der Waals surface area contributed by atoms with E-state index < -0.39 is 0 Å². The first-order valence-electron chi connectivity index (χ1n) is 6.79. The number of thioether (sulfide) groups is 1. The maximum Gasteiger partial charge on any atom is 0.225 e. The van der Waals surface area contributed by atoms with Crippen molar-refractivity contribution in [3.05, 3.63) is 46.0 Å². The van der Waals surface area contributed by atoms with Crippen LogP contribution in [0.25, 0.3) is 0 Å². The molecule has 1 unspecified atom stereocenters. The van der Waals surface area contributed by atoms with Gasteiger partial charge in [0.15, 0.2) is 0 Å². The lowest BCUT2D eigenvalue weighted by atomic mass is 9.87. The van der Waals surface area contributed by atoms with E-state index >= 15 is 0 Å². The smallest absolute Gasteiger partial charge is 0.225 e. The Labute approximate surface area is 124 Å². The van der Waals surface area contributed by atoms with E-state index in [0.717, 1.165) is 22.8 Å². The van der Waals surface area contributed by atoms with Crippen molar-refractivity contribution in [2.45, 2.75) is 32.6 Å². The summed E-state index contributed by atoms with van der Waals surface area (Å²) in [7, 11) is 0. The first kappa shape index (κ1) is 14.7. The third-order valence-corrected chi connectivity index (χ3v) is 4.51. The minimum atomic E-state index is -0.117. The molecule has 1 aromatic rings. The number of carbonyl (C=O) groups is 1. The standard InChI is InChI=1S/C16H18N2OS/c1-3-8-20-16-14(10-17)13(9-15(19)18-16)12-6-4-11(2)5-7-12/h4-7,13H,3,8-9H2,1-2H3,(H,18,19). The molecule has 1 aliphatic heterocycles. The van der Waals surface area contributed by atoms with Gasteiger partial charge in [0.05, 0.1) is 16.7 Å². The Morgan fingerprint density at radius 3 is 2.70 bits per heavy atom. The Kier molecular flexibility index (Phi) is 4.86. The number of benzene rings is 1. The van der Waals surface area contributed by atoms with Gasteiger partial charge in [-0.2, -0.15) is 5.26 Å². The van der Waals surface area contributed by atoms with Gasteiger partial charge in [-0.05, 0) is 24.7 Å². The van der Waals surface area contributed by atoms with Crippen molar-refractivity contribution in [1.29, 1.82) is 5.26 Å². The van der Waals surface area contributed by atoms with E-state index in [2.05, 4.69) is 18.3 Å². The Morgan fingerprint density at radius 1 is 1.40 bits per heavy atom. The molecule has 0 saturated carbocycles. The number of amides is 1. The van der Waals surface area contributed by atoms with Crippen LogP contribution in [0.2, 0.25) is 0 Å². The van der Waals surface area contributed by atoms with Crippen molar-refractivity contribution in [2.24, 2.45) is 0 Å². The molecular weight excluding hydrogens is 268 g/mol. The average Bonchev–Trinajstić information content (AvgIpc) is 2.45. The summed E-state index contributed by atoms with van der Waals surface area (Å²) in [4.78, 5) is 11.9. The van der Waals surface area contributed by atoms with Gasteiger partial charge in [-0.3, -0.25) is 4.79 Å². The number of nitrogens with one attached hydrogen (secondary N) is 1. The van der Waals surface area contributed by atoms with E-state index in [-0.39, 0.29) is 11.8 Å². The van der Waals surface area contributed by atoms with Crippen LogP contribution in [0.4, 0.5) is 0 Å². The van der Waals surface area contributed by atoms with Gasteiger partial charge in [0.25, 0.3) is 0 Å². The molecule has 1 aliphatic rings. The van der Waals surface area contributed by atoms with Gasteiger partial charge < -0.3 is 5.32 Å². The number of hydrogen-bond acceptors (Lipinski definition) is 3. The fraction of sp³-hybridized carbons (Fsp3) is 0.375. The lowest BCUT2D eigenvalue weighted by Gasteiger charge is -2.25. The first-order valence-corrected chi connectivity index (χ1v) is 7.77. The lowest BCUT2D eigenvalue weighted by Crippen LogP contribution is -2.30. The Bertz CT molecular complexity index is 569. The highest BCUT2D eigenvalue weighted by atomic mass is 32.2. The first-order chi connectivity index (χ1) is 9.65. The molecule has 1 N–H and O–H groups in total. The number of nitrogens with zero attached hydrogens (tertiary/aromatic N) is 1. The second kappa shape index (κ2) is 6.62. The van der Waals surface area contributed by atoms with Crippen LogP contribution in [0.5, 0.6) is 0 Å². The normalized spacial score (nSPS) is 18.6. The fourth-order valence-electron chi connectivity index (χ4n) is 2.22. The molecule has 0 aliphatic carbocycles. The van der Waals surface area contributed by atoms with Crippen LogP contribution in [0, 0.1) is 18.3 Å². The van der Waals surface area contributed by atoms with E-state index in [1.807, 2.05) is 31.2 Å². The van der Waals surface area contributed by atoms with Crippen molar-refractivity contribution >= 4 is 17.7 Å². The third kappa shape index (κ3) is 3.23. The van der Waals surface area contributed by atoms with Crippen molar-refractivity contribution in [1.82, 2.24) is 5.32 Å². The number of allylic oxidation sites excluding steroid dienone is 1. The molecular formula is C16H18N2OS. The van der Waals surface area contributed by atoms with E-state index in [4.69, 9.17) is 0 Å². The maximum absolute atomic E-state index is 11.9. The van der Waals surface area contributed by atoms with Crippen molar-refractivity contribution in [2.75, 3.05) is 5.75 Å². The Hall–Kier alpha value is -1.73. The van der Waals surface area contributed by atoms with Gasteiger partial charge in [-0.15, -0.1) is 11.8 Å². The van der Waals surface area contributed by atoms with Crippen LogP contribution < -0.4 is 5.32 Å². The zero-order valence-corrected chi connectivity index (χ0v) is 12.6. The van der Waals surface area contributed by atoms with E-state index in [0.29, 0.717) is 12.0 Å². The summed E-state index contributed by atoms with van der Waals surface area (Å²) < 4.78 is 0. The predicted octanol–water partition coefficient (Wildman–Crippen LogP) is 3.48. The van der Waals surface area contributed by atoms with Crippen LogP contribution in [0.1, 0.15) is 36.8 Å². The molecule has 1 heterocycles. The van der Waals surface area contributed by atoms with Gasteiger partial charge in [0.2, 0.25) is 5.91 Å². The summed E-state index contributed by atoms with van der Waals surface area (Å²) in [6.45, 7) is 4.11. The summed E-state index contributed by atoms with van der Waals surface area (Å²) in [5.74, 6) is 0.781. The van der Waals surface area contributed by atoms with E-state index in [9.17, 15) is 10.1 Å². The number of nitriles is 1. The van der Waals surface area contributed by atoms with E-state index in [1.54, 1.807) is 11.8 Å². The molecule has 3 nitrogen and oxygen atoms in total. The molecule has 1 amide bonds. The third-order valence-electron chi connectivity index (χ3n) is 3.29.